The van der Waals surface area contributed by atoms with Gasteiger partial charge in [0.25, 0.3) is 17.2 Å². The van der Waals surface area contributed by atoms with Gasteiger partial charge in [-0.2, -0.15) is 14.0 Å². The van der Waals surface area contributed by atoms with Crippen LogP contribution in [0.3, 0.4) is 0 Å². The van der Waals surface area contributed by atoms with Gasteiger partial charge in [0.05, 0.1) is 58.5 Å². The summed E-state index contributed by atoms with van der Waals surface area (Å²) in [6.45, 7) is 0.478. The van der Waals surface area contributed by atoms with Gasteiger partial charge in [-0.25, -0.2) is 14.2 Å². The number of phosphoric acid groups is 1. The number of esters is 1. The molecule has 386 valence electrons. The number of halogens is 2. The largest absolute Gasteiger partial charge is 0.497 e. The molecule has 21 nitrogen and oxygen atoms in total. The Balaban J connectivity index is 1.27. The van der Waals surface area contributed by atoms with Crippen LogP contribution < -0.4 is 32.0 Å². The predicted molar refractivity (Wildman–Crippen MR) is 252 cm³/mol. The summed E-state index contributed by atoms with van der Waals surface area (Å²) in [5, 5.41) is 9.40. The summed E-state index contributed by atoms with van der Waals surface area (Å²) in [5.74, 6) is -0.155. The van der Waals surface area contributed by atoms with E-state index in [1.54, 1.807) is 84.9 Å². The van der Waals surface area contributed by atoms with Gasteiger partial charge in [-0.1, -0.05) is 54.6 Å². The minimum absolute atomic E-state index is 0.122. The van der Waals surface area contributed by atoms with Crippen molar-refractivity contribution < 1.29 is 64.9 Å². The molecule has 2 saturated heterocycles. The van der Waals surface area contributed by atoms with E-state index in [0.717, 1.165) is 21.4 Å². The summed E-state index contributed by atoms with van der Waals surface area (Å²) in [7, 11) is -2.30. The Morgan fingerprint density at radius 2 is 1.47 bits per heavy atom. The van der Waals surface area contributed by atoms with Gasteiger partial charge in [-0.3, -0.25) is 47.1 Å². The van der Waals surface area contributed by atoms with E-state index >= 15 is 8.78 Å². The second kappa shape index (κ2) is 23.6. The molecule has 2 aliphatic rings. The molecule has 2 aromatic heterocycles. The van der Waals surface area contributed by atoms with E-state index in [1.807, 2.05) is 4.98 Å². The molecule has 0 radical (unpaired) electrons. The number of aromatic amines is 2. The Bertz CT molecular complexity index is 3090. The van der Waals surface area contributed by atoms with Gasteiger partial charge in [0, 0.05) is 36.9 Å². The lowest BCUT2D eigenvalue weighted by Gasteiger charge is -2.37. The van der Waals surface area contributed by atoms with Crippen LogP contribution in [-0.4, -0.2) is 89.3 Å². The minimum Gasteiger partial charge on any atom is -0.497 e. The molecular weight excluding hydrogens is 984 g/mol. The summed E-state index contributed by atoms with van der Waals surface area (Å²) in [5.41, 5.74) is -4.44. The number of ether oxygens (including phenoxy) is 6. The highest BCUT2D eigenvalue weighted by molar-refractivity contribution is 7.48. The van der Waals surface area contributed by atoms with E-state index in [2.05, 4.69) is 4.98 Å². The number of methoxy groups -OCH3 is 2. The third-order valence-electron chi connectivity index (χ3n) is 11.9. The van der Waals surface area contributed by atoms with Gasteiger partial charge in [0.2, 0.25) is 0 Å². The van der Waals surface area contributed by atoms with Crippen molar-refractivity contribution in [2.75, 3.05) is 34.0 Å². The minimum atomic E-state index is -5.28. The highest BCUT2D eigenvalue weighted by Gasteiger charge is 2.51. The van der Waals surface area contributed by atoms with Crippen molar-refractivity contribution in [3.05, 3.63) is 173 Å². The van der Waals surface area contributed by atoms with Crippen LogP contribution in [0.25, 0.3) is 0 Å². The Kier molecular flexibility index (Phi) is 17.3. The standard InChI is InChI=1S/C49H50F2N5O16P/c1-29-26-56(48(62)54-45(29)60)40-25-36(70-41(59)20-11-30(2)57)37(69-40)28-68-73(63,67-24-8-22-52)72-43-42(44(50)51)38(71-46(43)55-23-21-39(58)53-47(55)61)27-66-49(31-9-6-5-7-10-31,32-12-16-34(64-3)17-13-32)33-14-18-35(65-4)19-15-33/h5-7,9-10,12-19,21,23,26,36-38,40,43,46H,8,11,20,24-25,27-28H2,1-4H3,(H,53,58,61)(H,54,60,62)/t36-,37+,38+,40+,43+,46+,73?/m0/s1. The maximum atomic E-state index is 15.9. The van der Waals surface area contributed by atoms with Crippen LogP contribution >= 0.6 is 7.82 Å². The molecule has 2 aliphatic heterocycles. The Morgan fingerprint density at radius 3 is 2.05 bits per heavy atom. The topological polar surface area (TPSA) is 268 Å². The summed E-state index contributed by atoms with van der Waals surface area (Å²) in [6, 6.07) is 25.2. The van der Waals surface area contributed by atoms with Crippen molar-refractivity contribution in [2.24, 2.45) is 0 Å². The average Bonchev–Trinajstić information content (AvgIpc) is 3.94. The lowest BCUT2D eigenvalue weighted by molar-refractivity contribution is -0.153. The average molecular weight is 1030 g/mol. The molecule has 0 saturated carbocycles. The second-order valence-corrected chi connectivity index (χ2v) is 18.3. The lowest BCUT2D eigenvalue weighted by Crippen LogP contribution is -2.36. The van der Waals surface area contributed by atoms with Crippen molar-refractivity contribution in [3.63, 3.8) is 0 Å². The Hall–Kier alpha value is -7.16. The van der Waals surface area contributed by atoms with Crippen molar-refractivity contribution in [2.45, 2.75) is 82.0 Å². The first-order valence-corrected chi connectivity index (χ1v) is 24.1. The number of nitrogens with one attached hydrogen (secondary N) is 2. The number of carbonyl (C=O) groups is 2. The SMILES string of the molecule is COc1ccc(C(OC[C@H]2O[C@@H](n3ccc(=O)[nH]c3=O)[C@H](OP(=O)(OCCC#N)OC[C@H]3O[C@@H](n4cc(C)c(=O)[nH]c4=O)C[C@@H]3OC(=O)CCC(C)=O)C2=C(F)F)(c2ccccc2)c2ccc(OC)cc2)cc1. The lowest BCUT2D eigenvalue weighted by atomic mass is 9.80. The maximum Gasteiger partial charge on any atom is 0.475 e. The number of carbonyl (C=O) groups excluding carboxylic acids is 2. The third-order valence-corrected chi connectivity index (χ3v) is 13.3. The van der Waals surface area contributed by atoms with Gasteiger partial charge in [0.1, 0.15) is 53.5 Å². The molecule has 73 heavy (non-hydrogen) atoms. The first-order valence-electron chi connectivity index (χ1n) is 22.6. The molecule has 2 N–H and O–H groups in total. The van der Waals surface area contributed by atoms with E-state index < -0.39 is 117 Å². The quantitative estimate of drug-likeness (QED) is 0.0376. The van der Waals surface area contributed by atoms with Gasteiger partial charge in [-0.05, 0) is 54.8 Å². The number of aryl methyl sites for hydroxylation is 1. The zero-order chi connectivity index (χ0) is 52.5. The van der Waals surface area contributed by atoms with Crippen LogP contribution in [0.1, 0.15) is 67.3 Å². The molecular formula is C49H50F2N5O16P. The van der Waals surface area contributed by atoms with Crippen molar-refractivity contribution in [1.82, 2.24) is 19.1 Å². The molecule has 7 rings (SSSR count). The molecule has 0 amide bonds. The number of H-pyrrole nitrogens is 2. The van der Waals surface area contributed by atoms with Crippen LogP contribution in [0.4, 0.5) is 8.78 Å². The second-order valence-electron chi connectivity index (χ2n) is 16.6. The van der Waals surface area contributed by atoms with E-state index in [0.29, 0.717) is 28.2 Å². The number of phosphoric ester groups is 1. The number of aromatic nitrogens is 4. The molecule has 0 spiro atoms. The van der Waals surface area contributed by atoms with Crippen LogP contribution in [0.5, 0.6) is 11.5 Å². The molecule has 7 atom stereocenters. The van der Waals surface area contributed by atoms with Crippen LogP contribution in [-0.2, 0) is 52.3 Å². The fraction of sp³-hybridized carbons (Fsp3) is 0.367. The normalized spacial score (nSPS) is 20.5. The zero-order valence-electron chi connectivity index (χ0n) is 39.7. The molecule has 0 aliphatic carbocycles. The van der Waals surface area contributed by atoms with Gasteiger partial charge >= 0.3 is 25.2 Å². The predicted octanol–water partition coefficient (Wildman–Crippen LogP) is 5.48. The Labute approximate surface area is 414 Å². The zero-order valence-corrected chi connectivity index (χ0v) is 40.6. The number of rotatable bonds is 22. The Morgan fingerprint density at radius 1 is 0.836 bits per heavy atom. The monoisotopic (exact) mass is 1030 g/mol. The number of hydrogen-bond acceptors (Lipinski definition) is 17. The van der Waals surface area contributed by atoms with E-state index in [4.69, 9.17) is 42.0 Å². The van der Waals surface area contributed by atoms with E-state index in [1.165, 1.54) is 34.3 Å². The molecule has 4 heterocycles. The molecule has 1 unspecified atom stereocenters. The molecule has 2 fully saturated rings. The van der Waals surface area contributed by atoms with E-state index in [-0.39, 0.29) is 30.6 Å². The van der Waals surface area contributed by atoms with Crippen LogP contribution in [0.15, 0.2) is 128 Å². The van der Waals surface area contributed by atoms with Crippen molar-refractivity contribution >= 4 is 19.6 Å². The number of benzene rings is 3. The molecule has 5 aromatic rings. The summed E-state index contributed by atoms with van der Waals surface area (Å²) < 4.78 is 101. The smallest absolute Gasteiger partial charge is 0.475 e. The highest BCUT2D eigenvalue weighted by Crippen LogP contribution is 2.56. The van der Waals surface area contributed by atoms with Crippen LogP contribution in [0.2, 0.25) is 0 Å². The van der Waals surface area contributed by atoms with Crippen molar-refractivity contribution in [3.8, 4) is 17.6 Å². The fourth-order valence-electron chi connectivity index (χ4n) is 8.29. The first-order chi connectivity index (χ1) is 35.0. The third kappa shape index (κ3) is 12.4. The van der Waals surface area contributed by atoms with Gasteiger partial charge < -0.3 is 33.2 Å². The number of Topliss-reactive ketones (excluding diaryl/α,β-unsaturated/α-hetero) is 1. The van der Waals surface area contributed by atoms with Crippen molar-refractivity contribution in [1.29, 1.82) is 5.26 Å². The summed E-state index contributed by atoms with van der Waals surface area (Å²) in [6.07, 6.45) is -11.3. The molecule has 24 heteroatoms. The van der Waals surface area contributed by atoms with E-state index in [9.17, 15) is 38.6 Å². The van der Waals surface area contributed by atoms with Gasteiger partial charge in [-0.15, -0.1) is 0 Å². The van der Waals surface area contributed by atoms with Gasteiger partial charge in [0.15, 0.2) is 6.23 Å². The van der Waals surface area contributed by atoms with Crippen LogP contribution in [0, 0.1) is 18.3 Å². The molecule has 3 aromatic carbocycles. The highest BCUT2D eigenvalue weighted by atomic mass is 31.2. The molecule has 0 bridgehead atoms. The number of nitrogens with zero attached hydrogens (tertiary/aromatic N) is 3. The first kappa shape index (κ1) is 53.6. The fourth-order valence-corrected chi connectivity index (χ4v) is 9.62. The number of nitriles is 1. The number of ketones is 1. The summed E-state index contributed by atoms with van der Waals surface area (Å²) in [4.78, 5) is 79.6. The number of hydrogen-bond donors (Lipinski definition) is 2. The summed E-state index contributed by atoms with van der Waals surface area (Å²) >= 11 is 0. The maximum absolute atomic E-state index is 15.9.